The van der Waals surface area contributed by atoms with E-state index in [0.717, 1.165) is 25.7 Å². The summed E-state index contributed by atoms with van der Waals surface area (Å²) < 4.78 is 5.43. The number of ketones is 1. The zero-order valence-electron chi connectivity index (χ0n) is 15.2. The monoisotopic (exact) mass is 363 g/mol. The average molecular weight is 363 g/mol. The van der Waals surface area contributed by atoms with Gasteiger partial charge < -0.3 is 9.84 Å². The smallest absolute Gasteiger partial charge is 0.308 e. The third-order valence-electron chi connectivity index (χ3n) is 5.18. The number of nitrogens with zero attached hydrogens (tertiary/aromatic N) is 1. The maximum atomic E-state index is 12.7. The van der Waals surface area contributed by atoms with Crippen molar-refractivity contribution in [3.05, 3.63) is 47.5 Å². The van der Waals surface area contributed by atoms with Gasteiger partial charge in [0.05, 0.1) is 22.9 Å². The average Bonchev–Trinajstić information content (AvgIpc) is 2.67. The van der Waals surface area contributed by atoms with Gasteiger partial charge in [-0.2, -0.15) is 0 Å². The van der Waals surface area contributed by atoms with E-state index in [1.807, 2.05) is 0 Å². The molecule has 4 rings (SSSR count). The number of phenols is 1. The Hall–Kier alpha value is -2.95. The Morgan fingerprint density at radius 3 is 2.48 bits per heavy atom. The van der Waals surface area contributed by atoms with E-state index in [4.69, 9.17) is 9.73 Å². The number of fused-ring (bicyclic) bond motifs is 2. The molecule has 1 fully saturated rings. The van der Waals surface area contributed by atoms with E-state index < -0.39 is 5.97 Å². The second kappa shape index (κ2) is 6.99. The highest BCUT2D eigenvalue weighted by Crippen LogP contribution is 2.42. The molecule has 0 aromatic heterocycles. The molecule has 2 aromatic carbocycles. The molecule has 0 amide bonds. The summed E-state index contributed by atoms with van der Waals surface area (Å²) >= 11 is 0. The van der Waals surface area contributed by atoms with Gasteiger partial charge in [-0.3, -0.25) is 14.6 Å². The first-order chi connectivity index (χ1) is 13.1. The molecule has 0 bridgehead atoms. The molecule has 2 aliphatic rings. The lowest BCUT2D eigenvalue weighted by Crippen LogP contribution is -2.19. The molecule has 0 aliphatic heterocycles. The van der Waals surface area contributed by atoms with Crippen LogP contribution in [0.4, 0.5) is 0 Å². The zero-order valence-corrected chi connectivity index (χ0v) is 15.2. The maximum Gasteiger partial charge on any atom is 0.308 e. The SMILES string of the molecule is CC(=O)Oc1c2c(c(O)c3ccccc13)C(=NC1CCCCC1)C=CC2=O. The quantitative estimate of drug-likeness (QED) is 0.636. The van der Waals surface area contributed by atoms with Crippen LogP contribution in [0.25, 0.3) is 10.8 Å². The first kappa shape index (κ1) is 17.5. The summed E-state index contributed by atoms with van der Waals surface area (Å²) in [5.74, 6) is -0.619. The van der Waals surface area contributed by atoms with Crippen LogP contribution in [0, 0.1) is 0 Å². The lowest BCUT2D eigenvalue weighted by Gasteiger charge is -2.23. The molecule has 2 aromatic rings. The molecule has 0 atom stereocenters. The highest BCUT2D eigenvalue weighted by molar-refractivity contribution is 6.29. The Morgan fingerprint density at radius 2 is 1.78 bits per heavy atom. The number of benzene rings is 2. The predicted molar refractivity (Wildman–Crippen MR) is 104 cm³/mol. The first-order valence-electron chi connectivity index (χ1n) is 9.33. The molecular weight excluding hydrogens is 342 g/mol. The van der Waals surface area contributed by atoms with Crippen LogP contribution in [-0.4, -0.2) is 28.6 Å². The summed E-state index contributed by atoms with van der Waals surface area (Å²) in [5.41, 5.74) is 1.15. The van der Waals surface area contributed by atoms with Crippen molar-refractivity contribution in [2.24, 2.45) is 4.99 Å². The number of hydrogen-bond acceptors (Lipinski definition) is 5. The van der Waals surface area contributed by atoms with Crippen molar-refractivity contribution < 1.29 is 19.4 Å². The predicted octanol–water partition coefficient (Wildman–Crippen LogP) is 4.35. The molecule has 0 spiro atoms. The number of allylic oxidation sites excluding steroid dienone is 2. The van der Waals surface area contributed by atoms with E-state index in [0.29, 0.717) is 22.0 Å². The fourth-order valence-electron chi connectivity index (χ4n) is 3.96. The van der Waals surface area contributed by atoms with Gasteiger partial charge in [-0.05, 0) is 25.0 Å². The molecule has 138 valence electrons. The van der Waals surface area contributed by atoms with Crippen LogP contribution < -0.4 is 4.74 Å². The van der Waals surface area contributed by atoms with E-state index >= 15 is 0 Å². The summed E-state index contributed by atoms with van der Waals surface area (Å²) in [6.07, 6.45) is 8.60. The van der Waals surface area contributed by atoms with Gasteiger partial charge in [0.2, 0.25) is 0 Å². The van der Waals surface area contributed by atoms with E-state index in [-0.39, 0.29) is 28.9 Å². The number of carbonyl (C=O) groups excluding carboxylic acids is 2. The van der Waals surface area contributed by atoms with Gasteiger partial charge in [-0.1, -0.05) is 43.5 Å². The van der Waals surface area contributed by atoms with E-state index in [1.165, 1.54) is 19.4 Å². The lowest BCUT2D eigenvalue weighted by molar-refractivity contribution is -0.131. The van der Waals surface area contributed by atoms with Gasteiger partial charge >= 0.3 is 5.97 Å². The normalized spacial score (nSPS) is 18.7. The van der Waals surface area contributed by atoms with Crippen molar-refractivity contribution in [2.45, 2.75) is 45.1 Å². The Kier molecular flexibility index (Phi) is 4.52. The lowest BCUT2D eigenvalue weighted by atomic mass is 9.88. The second-order valence-electron chi connectivity index (χ2n) is 7.07. The summed E-state index contributed by atoms with van der Waals surface area (Å²) in [6, 6.07) is 7.24. The third kappa shape index (κ3) is 3.14. The van der Waals surface area contributed by atoms with Crippen LogP contribution in [-0.2, 0) is 4.79 Å². The third-order valence-corrected chi connectivity index (χ3v) is 5.18. The fraction of sp³-hybridized carbons (Fsp3) is 0.318. The molecule has 27 heavy (non-hydrogen) atoms. The Labute approximate surface area is 157 Å². The first-order valence-corrected chi connectivity index (χ1v) is 9.33. The van der Waals surface area contributed by atoms with Crippen molar-refractivity contribution in [3.8, 4) is 11.5 Å². The molecule has 0 heterocycles. The Balaban J connectivity index is 1.98. The standard InChI is InChI=1S/C22H21NO4/c1-13(24)27-22-16-10-6-5-9-15(16)21(26)19-17(11-12-18(25)20(19)22)23-14-7-3-2-4-8-14/h5-6,9-12,14,26H,2-4,7-8H2,1H3. The maximum absolute atomic E-state index is 12.7. The highest BCUT2D eigenvalue weighted by atomic mass is 16.5. The van der Waals surface area contributed by atoms with Gasteiger partial charge in [0, 0.05) is 17.7 Å². The zero-order chi connectivity index (χ0) is 19.0. The molecule has 1 saturated carbocycles. The fourth-order valence-corrected chi connectivity index (χ4v) is 3.96. The van der Waals surface area contributed by atoms with Crippen LogP contribution >= 0.6 is 0 Å². The molecule has 0 unspecified atom stereocenters. The minimum Gasteiger partial charge on any atom is -0.507 e. The minimum absolute atomic E-state index is 0.00348. The number of phenolic OH excluding ortho intramolecular Hbond substituents is 1. The Bertz CT molecular complexity index is 997. The van der Waals surface area contributed by atoms with Crippen molar-refractivity contribution in [2.75, 3.05) is 0 Å². The molecular formula is C22H21NO4. The summed E-state index contributed by atoms with van der Waals surface area (Å²) in [4.78, 5) is 29.2. The van der Waals surface area contributed by atoms with E-state index in [9.17, 15) is 14.7 Å². The summed E-state index contributed by atoms with van der Waals surface area (Å²) in [5, 5.41) is 12.0. The van der Waals surface area contributed by atoms with Crippen molar-refractivity contribution in [1.82, 2.24) is 0 Å². The molecule has 1 N–H and O–H groups in total. The van der Waals surface area contributed by atoms with E-state index in [2.05, 4.69) is 0 Å². The van der Waals surface area contributed by atoms with E-state index in [1.54, 1.807) is 30.3 Å². The topological polar surface area (TPSA) is 76.0 Å². The van der Waals surface area contributed by atoms with Crippen LogP contribution in [0.5, 0.6) is 11.5 Å². The molecule has 5 heteroatoms. The van der Waals surface area contributed by atoms with Crippen LogP contribution in [0.2, 0.25) is 0 Å². The van der Waals surface area contributed by atoms with Crippen molar-refractivity contribution >= 4 is 28.2 Å². The van der Waals surface area contributed by atoms with Gasteiger partial charge in [-0.25, -0.2) is 0 Å². The van der Waals surface area contributed by atoms with Gasteiger partial charge in [0.15, 0.2) is 11.5 Å². The second-order valence-corrected chi connectivity index (χ2v) is 7.07. The Morgan fingerprint density at radius 1 is 1.07 bits per heavy atom. The van der Waals surface area contributed by atoms with Gasteiger partial charge in [0.1, 0.15) is 5.75 Å². The number of aliphatic imine (C=N–C) groups is 1. The number of ether oxygens (including phenoxy) is 1. The summed E-state index contributed by atoms with van der Waals surface area (Å²) in [7, 11) is 0. The minimum atomic E-state index is -0.513. The number of esters is 1. The molecule has 0 saturated heterocycles. The molecule has 5 nitrogen and oxygen atoms in total. The highest BCUT2D eigenvalue weighted by Gasteiger charge is 2.30. The summed E-state index contributed by atoms with van der Waals surface area (Å²) in [6.45, 7) is 1.30. The van der Waals surface area contributed by atoms with Gasteiger partial charge in [-0.15, -0.1) is 0 Å². The van der Waals surface area contributed by atoms with Crippen molar-refractivity contribution in [1.29, 1.82) is 0 Å². The molecule has 0 radical (unpaired) electrons. The number of carbonyl (C=O) groups is 2. The largest absolute Gasteiger partial charge is 0.507 e. The molecule has 2 aliphatic carbocycles. The number of aromatic hydroxyl groups is 1. The van der Waals surface area contributed by atoms with Crippen LogP contribution in [0.1, 0.15) is 54.9 Å². The van der Waals surface area contributed by atoms with Crippen LogP contribution in [0.15, 0.2) is 41.4 Å². The van der Waals surface area contributed by atoms with Crippen molar-refractivity contribution in [3.63, 3.8) is 0 Å². The number of hydrogen-bond donors (Lipinski definition) is 1. The van der Waals surface area contributed by atoms with Crippen LogP contribution in [0.3, 0.4) is 0 Å². The van der Waals surface area contributed by atoms with Gasteiger partial charge in [0.25, 0.3) is 0 Å². The number of rotatable bonds is 2.